The molecule has 0 aromatic heterocycles. The second kappa shape index (κ2) is 3.36. The fourth-order valence-electron chi connectivity index (χ4n) is 0.688. The molecule has 1 rings (SSSR count). The molecule has 0 aliphatic carbocycles. The van der Waals surface area contributed by atoms with Crippen molar-refractivity contribution >= 4 is 51.5 Å². The summed E-state index contributed by atoms with van der Waals surface area (Å²) in [4.78, 5) is 1.42. The van der Waals surface area contributed by atoms with E-state index >= 15 is 0 Å². The van der Waals surface area contributed by atoms with Crippen LogP contribution in [0.2, 0.25) is 5.82 Å². The average Bonchev–Trinajstić information content (AvgIpc) is 2.10. The zero-order valence-electron chi connectivity index (χ0n) is 5.73. The first-order valence-corrected chi connectivity index (χ1v) is 10.6. The maximum absolute atomic E-state index is 3.71. The van der Waals surface area contributed by atoms with Crippen molar-refractivity contribution in [1.29, 1.82) is 0 Å². The molecule has 0 fully saturated rings. The van der Waals surface area contributed by atoms with Crippen molar-refractivity contribution in [2.75, 3.05) is 0 Å². The summed E-state index contributed by atoms with van der Waals surface area (Å²) in [5.74, 6) is 2.25. The monoisotopic (exact) mass is 350 g/mol. The number of allylic oxidation sites excluding steroid dienone is 3. The quantitative estimate of drug-likeness (QED) is 0.629. The van der Waals surface area contributed by atoms with E-state index in [1.165, 1.54) is 8.71 Å². The Kier molecular flexibility index (Phi) is 3.16. The standard InChI is InChI=1S/C6H8Br2SSe/c1-5-3-4-6(10-2)9(5,7)8/h3-4H,1-2H3. The van der Waals surface area contributed by atoms with Crippen LogP contribution in [0.3, 0.4) is 0 Å². The Bertz CT molecular complexity index is 208. The van der Waals surface area contributed by atoms with Gasteiger partial charge in [-0.25, -0.2) is 0 Å². The van der Waals surface area contributed by atoms with Crippen LogP contribution in [0.25, 0.3) is 0 Å². The summed E-state index contributed by atoms with van der Waals surface area (Å²) in [7, 11) is 0. The summed E-state index contributed by atoms with van der Waals surface area (Å²) in [6, 6.07) is 0. The molecule has 0 saturated heterocycles. The van der Waals surface area contributed by atoms with Gasteiger partial charge in [0.05, 0.1) is 0 Å². The molecule has 0 aromatic carbocycles. The van der Waals surface area contributed by atoms with Crippen LogP contribution in [0.4, 0.5) is 0 Å². The summed E-state index contributed by atoms with van der Waals surface area (Å²) < 4.78 is 1.54. The molecule has 0 N–H and O–H groups in total. The molecule has 0 radical (unpaired) electrons. The summed E-state index contributed by atoms with van der Waals surface area (Å²) in [6.45, 7) is 1.32. The molecule has 0 bridgehead atoms. The van der Waals surface area contributed by atoms with Gasteiger partial charge in [-0.3, -0.25) is 0 Å². The van der Waals surface area contributed by atoms with Gasteiger partial charge in [0, 0.05) is 0 Å². The van der Waals surface area contributed by atoms with E-state index < -0.39 is 6.89 Å². The molecule has 0 spiro atoms. The summed E-state index contributed by atoms with van der Waals surface area (Å²) in [6.07, 6.45) is 4.42. The molecule has 0 amide bonds. The molecule has 1 aliphatic rings. The van der Waals surface area contributed by atoms with E-state index in [2.05, 4.69) is 54.5 Å². The fraction of sp³-hybridized carbons (Fsp3) is 0.333. The fourth-order valence-corrected chi connectivity index (χ4v) is 9.68. The molecular weight excluding hydrogens is 343 g/mol. The molecule has 10 heavy (non-hydrogen) atoms. The third-order valence-electron chi connectivity index (χ3n) is 1.31. The molecule has 0 aromatic rings. The van der Waals surface area contributed by atoms with E-state index in [1.807, 2.05) is 0 Å². The van der Waals surface area contributed by atoms with Crippen molar-refractivity contribution in [3.8, 4) is 0 Å². The summed E-state index contributed by atoms with van der Waals surface area (Å²) >= 11 is 8.05. The SMILES string of the molecule is C[Se]C1=CC=C(C)S1(Br)Br. The zero-order chi connectivity index (χ0) is 7.78. The Labute approximate surface area is 84.4 Å². The van der Waals surface area contributed by atoms with Gasteiger partial charge in [0.1, 0.15) is 0 Å². The predicted octanol–water partition coefficient (Wildman–Crippen LogP) is 3.92. The number of hydrogen-bond donors (Lipinski definition) is 0. The van der Waals surface area contributed by atoms with Crippen molar-refractivity contribution in [2.45, 2.75) is 12.7 Å². The number of halogens is 2. The van der Waals surface area contributed by atoms with Crippen molar-refractivity contribution in [3.05, 3.63) is 20.9 Å². The van der Waals surface area contributed by atoms with Crippen LogP contribution < -0.4 is 0 Å². The first kappa shape index (κ1) is 9.40. The summed E-state index contributed by atoms with van der Waals surface area (Å²) in [5, 5.41) is 0. The van der Waals surface area contributed by atoms with E-state index in [4.69, 9.17) is 0 Å². The Morgan fingerprint density at radius 1 is 1.40 bits per heavy atom. The van der Waals surface area contributed by atoms with Crippen LogP contribution in [-0.4, -0.2) is 15.0 Å². The minimum atomic E-state index is -0.841. The number of rotatable bonds is 1. The minimum absolute atomic E-state index is 0.622. The molecule has 1 aliphatic heterocycles. The van der Waals surface area contributed by atoms with Gasteiger partial charge in [0.15, 0.2) is 0 Å². The molecular formula is C6H8Br2SSe. The first-order chi connectivity index (χ1) is 4.59. The third kappa shape index (κ3) is 1.56. The second-order valence-corrected chi connectivity index (χ2v) is 14.8. The van der Waals surface area contributed by atoms with E-state index in [-0.39, 0.29) is 0 Å². The molecule has 0 unspecified atom stereocenters. The second-order valence-electron chi connectivity index (χ2n) is 1.94. The van der Waals surface area contributed by atoms with Gasteiger partial charge in [-0.1, -0.05) is 0 Å². The Morgan fingerprint density at radius 3 is 2.20 bits per heavy atom. The topological polar surface area (TPSA) is 0 Å². The van der Waals surface area contributed by atoms with E-state index in [9.17, 15) is 0 Å². The van der Waals surface area contributed by atoms with Gasteiger partial charge >= 0.3 is 85.1 Å². The number of hydrogen-bond acceptors (Lipinski definition) is 0. The van der Waals surface area contributed by atoms with E-state index in [1.54, 1.807) is 0 Å². The van der Waals surface area contributed by atoms with Crippen molar-refractivity contribution in [3.63, 3.8) is 0 Å². The van der Waals surface area contributed by atoms with Gasteiger partial charge in [-0.05, 0) is 0 Å². The average molecular weight is 351 g/mol. The zero-order valence-corrected chi connectivity index (χ0v) is 11.4. The molecule has 1 heterocycles. The van der Waals surface area contributed by atoms with Crippen molar-refractivity contribution in [1.82, 2.24) is 0 Å². The Morgan fingerprint density at radius 2 is 2.00 bits per heavy atom. The van der Waals surface area contributed by atoms with Crippen LogP contribution in [-0.2, 0) is 0 Å². The molecule has 0 atom stereocenters. The van der Waals surface area contributed by atoms with Gasteiger partial charge in [0.2, 0.25) is 0 Å². The Hall–Kier alpha value is 1.31. The van der Waals surface area contributed by atoms with Crippen LogP contribution in [0.5, 0.6) is 0 Å². The van der Waals surface area contributed by atoms with E-state index in [0.717, 1.165) is 0 Å². The van der Waals surface area contributed by atoms with Crippen molar-refractivity contribution in [2.24, 2.45) is 0 Å². The first-order valence-electron chi connectivity index (χ1n) is 2.74. The van der Waals surface area contributed by atoms with Gasteiger partial charge in [0.25, 0.3) is 0 Å². The molecule has 0 nitrogen and oxygen atoms in total. The summed E-state index contributed by atoms with van der Waals surface area (Å²) in [5.41, 5.74) is 0. The molecule has 58 valence electrons. The van der Waals surface area contributed by atoms with Crippen LogP contribution in [0.15, 0.2) is 20.9 Å². The van der Waals surface area contributed by atoms with Gasteiger partial charge in [-0.15, -0.1) is 0 Å². The van der Waals surface area contributed by atoms with E-state index in [0.29, 0.717) is 15.0 Å². The van der Waals surface area contributed by atoms with Crippen LogP contribution >= 0.6 is 36.5 Å². The van der Waals surface area contributed by atoms with Crippen molar-refractivity contribution < 1.29 is 0 Å². The maximum atomic E-state index is 3.71. The normalized spacial score (nSPS) is 25.6. The predicted molar refractivity (Wildman–Crippen MR) is 58.9 cm³/mol. The van der Waals surface area contributed by atoms with Crippen LogP contribution in [0, 0.1) is 0 Å². The molecule has 0 saturated carbocycles. The van der Waals surface area contributed by atoms with Crippen LogP contribution in [0.1, 0.15) is 6.92 Å². The van der Waals surface area contributed by atoms with Gasteiger partial charge < -0.3 is 0 Å². The van der Waals surface area contributed by atoms with Gasteiger partial charge in [-0.2, -0.15) is 0 Å². The Balaban J connectivity index is 2.89. The molecule has 4 heteroatoms. The third-order valence-corrected chi connectivity index (χ3v) is 14.5.